The summed E-state index contributed by atoms with van der Waals surface area (Å²) in [4.78, 5) is 0. The fourth-order valence-electron chi connectivity index (χ4n) is 0.346. The summed E-state index contributed by atoms with van der Waals surface area (Å²) >= 11 is 2.28. The summed E-state index contributed by atoms with van der Waals surface area (Å²) in [7, 11) is 0. The predicted molar refractivity (Wildman–Crippen MR) is 39.4 cm³/mol. The highest BCUT2D eigenvalue weighted by Crippen LogP contribution is 2.05. The molecule has 0 N–H and O–H groups in total. The molecule has 0 bridgehead atoms. The molecule has 1 aliphatic heterocycles. The van der Waals surface area contributed by atoms with E-state index in [-0.39, 0.29) is 0 Å². The van der Waals surface area contributed by atoms with Crippen molar-refractivity contribution in [3.63, 3.8) is 0 Å². The van der Waals surface area contributed by atoms with Gasteiger partial charge >= 0.3 is 0 Å². The first-order valence-corrected chi connectivity index (χ1v) is 3.27. The Kier molecular flexibility index (Phi) is 1.41. The average molecular weight is 208 g/mol. The van der Waals surface area contributed by atoms with Crippen LogP contribution in [0, 0.1) is 0 Å². The third-order valence-electron chi connectivity index (χ3n) is 0.812. The van der Waals surface area contributed by atoms with Crippen LogP contribution in [-0.2, 0) is 0 Å². The van der Waals surface area contributed by atoms with Gasteiger partial charge in [-0.15, -0.1) is 0 Å². The van der Waals surface area contributed by atoms with Crippen molar-refractivity contribution in [3.05, 3.63) is 0 Å². The molecule has 0 radical (unpaired) electrons. The first-order chi connectivity index (χ1) is 3.30. The summed E-state index contributed by atoms with van der Waals surface area (Å²) in [6.45, 7) is 1.98. The SMILES string of the molecule is CC1=NN=CC1I. The maximum Gasteiger partial charge on any atom is 0.0878 e. The van der Waals surface area contributed by atoms with Crippen LogP contribution in [0.4, 0.5) is 0 Å². The molecule has 1 aliphatic rings. The summed E-state index contributed by atoms with van der Waals surface area (Å²) in [5.41, 5.74) is 1.10. The second-order valence-corrected chi connectivity index (χ2v) is 2.75. The lowest BCUT2D eigenvalue weighted by molar-refractivity contribution is 1.27. The number of hydrogen-bond donors (Lipinski definition) is 0. The summed E-state index contributed by atoms with van der Waals surface area (Å²) in [6.07, 6.45) is 1.83. The molecule has 7 heavy (non-hydrogen) atoms. The average Bonchev–Trinajstić information content (AvgIpc) is 1.91. The van der Waals surface area contributed by atoms with E-state index in [1.54, 1.807) is 0 Å². The van der Waals surface area contributed by atoms with Crippen molar-refractivity contribution >= 4 is 34.5 Å². The molecule has 0 aromatic rings. The van der Waals surface area contributed by atoms with Crippen LogP contribution in [0.2, 0.25) is 0 Å². The van der Waals surface area contributed by atoms with Crippen LogP contribution in [-0.4, -0.2) is 15.9 Å². The fraction of sp³-hybridized carbons (Fsp3) is 0.500. The first-order valence-electron chi connectivity index (χ1n) is 2.02. The summed E-state index contributed by atoms with van der Waals surface area (Å²) in [5, 5.41) is 7.50. The van der Waals surface area contributed by atoms with Gasteiger partial charge in [0.1, 0.15) is 0 Å². The standard InChI is InChI=1S/C4H5IN2/c1-3-4(5)2-6-7-3/h2,4H,1H3. The summed E-state index contributed by atoms with van der Waals surface area (Å²) in [6, 6.07) is 0. The lowest BCUT2D eigenvalue weighted by Crippen LogP contribution is -2.04. The molecule has 3 heteroatoms. The van der Waals surface area contributed by atoms with E-state index < -0.39 is 0 Å². The molecule has 2 nitrogen and oxygen atoms in total. The minimum atomic E-state index is 0.442. The largest absolute Gasteiger partial charge is 0.162 e. The third-order valence-corrected chi connectivity index (χ3v) is 2.04. The molecule has 38 valence electrons. The Morgan fingerprint density at radius 3 is 2.71 bits per heavy atom. The van der Waals surface area contributed by atoms with Gasteiger partial charge in [-0.25, -0.2) is 0 Å². The van der Waals surface area contributed by atoms with Crippen LogP contribution in [0.25, 0.3) is 0 Å². The Bertz CT molecular complexity index is 128. The zero-order valence-corrected chi connectivity index (χ0v) is 6.08. The molecule has 1 heterocycles. The van der Waals surface area contributed by atoms with E-state index in [1.165, 1.54) is 0 Å². The number of hydrogen-bond acceptors (Lipinski definition) is 2. The van der Waals surface area contributed by atoms with Gasteiger partial charge in [-0.2, -0.15) is 10.2 Å². The molecule has 1 rings (SSSR count). The monoisotopic (exact) mass is 208 g/mol. The summed E-state index contributed by atoms with van der Waals surface area (Å²) < 4.78 is 0.442. The molecule has 0 aromatic carbocycles. The van der Waals surface area contributed by atoms with Gasteiger partial charge in [-0.05, 0) is 6.92 Å². The van der Waals surface area contributed by atoms with Crippen LogP contribution in [0.3, 0.4) is 0 Å². The van der Waals surface area contributed by atoms with Crippen molar-refractivity contribution in [2.24, 2.45) is 10.2 Å². The third kappa shape index (κ3) is 0.992. The Morgan fingerprint density at radius 2 is 2.57 bits per heavy atom. The van der Waals surface area contributed by atoms with Gasteiger partial charge in [0.2, 0.25) is 0 Å². The van der Waals surface area contributed by atoms with Crippen molar-refractivity contribution in [3.8, 4) is 0 Å². The minimum absolute atomic E-state index is 0.442. The van der Waals surface area contributed by atoms with Crippen molar-refractivity contribution in [1.29, 1.82) is 0 Å². The Morgan fingerprint density at radius 1 is 1.86 bits per heavy atom. The number of halogens is 1. The van der Waals surface area contributed by atoms with E-state index in [4.69, 9.17) is 0 Å². The lowest BCUT2D eigenvalue weighted by atomic mass is 10.3. The Balaban J connectivity index is 2.69. The van der Waals surface area contributed by atoms with Crippen LogP contribution < -0.4 is 0 Å². The number of alkyl halides is 1. The zero-order chi connectivity index (χ0) is 5.28. The zero-order valence-electron chi connectivity index (χ0n) is 3.93. The van der Waals surface area contributed by atoms with Gasteiger partial charge in [0.25, 0.3) is 0 Å². The van der Waals surface area contributed by atoms with Gasteiger partial charge < -0.3 is 0 Å². The highest BCUT2D eigenvalue weighted by Gasteiger charge is 2.07. The van der Waals surface area contributed by atoms with Crippen LogP contribution >= 0.6 is 22.6 Å². The molecular weight excluding hydrogens is 203 g/mol. The van der Waals surface area contributed by atoms with E-state index >= 15 is 0 Å². The Hall–Kier alpha value is 0.0700. The molecular formula is C4H5IN2. The van der Waals surface area contributed by atoms with Crippen LogP contribution in [0.5, 0.6) is 0 Å². The van der Waals surface area contributed by atoms with E-state index in [0.717, 1.165) is 5.71 Å². The molecule has 0 amide bonds. The molecule has 1 unspecified atom stereocenters. The van der Waals surface area contributed by atoms with E-state index in [9.17, 15) is 0 Å². The second-order valence-electron chi connectivity index (χ2n) is 1.41. The van der Waals surface area contributed by atoms with E-state index in [1.807, 2.05) is 13.1 Å². The highest BCUT2D eigenvalue weighted by atomic mass is 127. The van der Waals surface area contributed by atoms with Gasteiger partial charge in [-0.1, -0.05) is 22.6 Å². The summed E-state index contributed by atoms with van der Waals surface area (Å²) in [5.74, 6) is 0. The predicted octanol–water partition coefficient (Wildman–Crippen LogP) is 1.25. The molecule has 0 spiro atoms. The van der Waals surface area contributed by atoms with Crippen molar-refractivity contribution in [2.75, 3.05) is 0 Å². The maximum absolute atomic E-state index is 3.80. The van der Waals surface area contributed by atoms with Gasteiger partial charge in [0.05, 0.1) is 9.64 Å². The van der Waals surface area contributed by atoms with Gasteiger partial charge in [-0.3, -0.25) is 0 Å². The minimum Gasteiger partial charge on any atom is -0.162 e. The van der Waals surface area contributed by atoms with Crippen molar-refractivity contribution < 1.29 is 0 Å². The molecule has 0 saturated heterocycles. The second kappa shape index (κ2) is 1.90. The van der Waals surface area contributed by atoms with Gasteiger partial charge in [0.15, 0.2) is 0 Å². The van der Waals surface area contributed by atoms with Crippen LogP contribution in [0.15, 0.2) is 10.2 Å². The van der Waals surface area contributed by atoms with Gasteiger partial charge in [0, 0.05) is 6.21 Å². The maximum atomic E-state index is 3.80. The number of nitrogens with zero attached hydrogens (tertiary/aromatic N) is 2. The quantitative estimate of drug-likeness (QED) is 0.422. The first kappa shape index (κ1) is 5.21. The molecule has 0 aromatic heterocycles. The smallest absolute Gasteiger partial charge is 0.0878 e. The Labute approximate surface area is 55.9 Å². The fourth-order valence-corrected chi connectivity index (χ4v) is 0.614. The van der Waals surface area contributed by atoms with Crippen molar-refractivity contribution in [1.82, 2.24) is 0 Å². The molecule has 0 saturated carbocycles. The normalized spacial score (nSPS) is 28.3. The molecule has 1 atom stereocenters. The van der Waals surface area contributed by atoms with Crippen LogP contribution in [0.1, 0.15) is 6.92 Å². The number of rotatable bonds is 0. The highest BCUT2D eigenvalue weighted by molar-refractivity contribution is 14.1. The van der Waals surface area contributed by atoms with Crippen molar-refractivity contribution in [2.45, 2.75) is 10.8 Å². The molecule has 0 aliphatic carbocycles. The van der Waals surface area contributed by atoms with E-state index in [0.29, 0.717) is 3.92 Å². The topological polar surface area (TPSA) is 24.7 Å². The van der Waals surface area contributed by atoms with E-state index in [2.05, 4.69) is 32.8 Å². The lowest BCUT2D eigenvalue weighted by Gasteiger charge is -1.88. The molecule has 0 fully saturated rings.